The van der Waals surface area contributed by atoms with E-state index >= 15 is 0 Å². The number of aliphatic hydroxyl groups is 1. The lowest BCUT2D eigenvalue weighted by molar-refractivity contribution is -0.160. The highest BCUT2D eigenvalue weighted by molar-refractivity contribution is 6.31. The van der Waals surface area contributed by atoms with E-state index in [0.717, 1.165) is 6.07 Å². The number of ether oxygens (including phenoxy) is 1. The van der Waals surface area contributed by atoms with Crippen LogP contribution in [-0.2, 0) is 16.6 Å². The van der Waals surface area contributed by atoms with Crippen molar-refractivity contribution in [1.29, 1.82) is 0 Å². The van der Waals surface area contributed by atoms with Crippen LogP contribution in [0.4, 0.5) is 8.78 Å². The summed E-state index contributed by atoms with van der Waals surface area (Å²) in [5.41, 5.74) is -3.03. The molecule has 0 bridgehead atoms. The largest absolute Gasteiger partial charge is 0.496 e. The Labute approximate surface area is 161 Å². The normalized spacial score (nSPS) is 13.9. The molecule has 0 aliphatic heterocycles. The van der Waals surface area contributed by atoms with Crippen molar-refractivity contribution in [3.63, 3.8) is 0 Å². The van der Waals surface area contributed by atoms with Gasteiger partial charge in [0.2, 0.25) is 0 Å². The van der Waals surface area contributed by atoms with Gasteiger partial charge in [-0.2, -0.15) is 0 Å². The van der Waals surface area contributed by atoms with Gasteiger partial charge in [0, 0.05) is 22.6 Å². The van der Waals surface area contributed by atoms with Crippen molar-refractivity contribution >= 4 is 17.6 Å². The van der Waals surface area contributed by atoms with Crippen molar-refractivity contribution in [3.8, 4) is 5.75 Å². The molecule has 0 radical (unpaired) electrons. The zero-order chi connectivity index (χ0) is 20.4. The molecule has 2 rings (SSSR count). The molecule has 0 heterocycles. The van der Waals surface area contributed by atoms with Gasteiger partial charge in [0.15, 0.2) is 5.60 Å². The molecule has 1 atom stereocenters. The summed E-state index contributed by atoms with van der Waals surface area (Å²) in [7, 11) is 1.41. The van der Waals surface area contributed by atoms with Crippen molar-refractivity contribution in [1.82, 2.24) is 0 Å². The quantitative estimate of drug-likeness (QED) is 0.727. The molecule has 1 unspecified atom stereocenters. The highest BCUT2D eigenvalue weighted by Crippen LogP contribution is 2.40. The maximum absolute atomic E-state index is 14.1. The van der Waals surface area contributed by atoms with Crippen molar-refractivity contribution in [2.24, 2.45) is 0 Å². The fourth-order valence-corrected chi connectivity index (χ4v) is 3.47. The fourth-order valence-electron chi connectivity index (χ4n) is 3.24. The van der Waals surface area contributed by atoms with Gasteiger partial charge >= 0.3 is 5.97 Å². The molecule has 2 N–H and O–H groups in total. The Bertz CT molecular complexity index is 834. The van der Waals surface area contributed by atoms with Gasteiger partial charge in [-0.25, -0.2) is 13.6 Å². The molecular weight excluding hydrogens is 378 g/mol. The minimum Gasteiger partial charge on any atom is -0.496 e. The van der Waals surface area contributed by atoms with E-state index in [9.17, 15) is 23.8 Å². The predicted molar refractivity (Wildman–Crippen MR) is 98.3 cm³/mol. The highest BCUT2D eigenvalue weighted by atomic mass is 35.5. The fraction of sp³-hybridized carbons (Fsp3) is 0.350. The average molecular weight is 399 g/mol. The molecule has 0 amide bonds. The van der Waals surface area contributed by atoms with Crippen molar-refractivity contribution in [2.45, 2.75) is 37.7 Å². The van der Waals surface area contributed by atoms with E-state index in [1.807, 2.05) is 0 Å². The van der Waals surface area contributed by atoms with Crippen LogP contribution in [-0.4, -0.2) is 28.9 Å². The lowest BCUT2D eigenvalue weighted by Gasteiger charge is -2.35. The van der Waals surface area contributed by atoms with Crippen LogP contribution in [0.15, 0.2) is 36.4 Å². The number of benzene rings is 2. The Kier molecular flexibility index (Phi) is 6.12. The number of rotatable bonds is 7. The molecule has 0 spiro atoms. The minimum atomic E-state index is -2.33. The number of halogens is 3. The Hall–Kier alpha value is -2.18. The van der Waals surface area contributed by atoms with E-state index in [4.69, 9.17) is 16.3 Å². The summed E-state index contributed by atoms with van der Waals surface area (Å²) >= 11 is 5.98. The number of carbonyl (C=O) groups is 1. The van der Waals surface area contributed by atoms with Gasteiger partial charge in [0.25, 0.3) is 0 Å². The van der Waals surface area contributed by atoms with E-state index in [1.54, 1.807) is 13.8 Å². The minimum absolute atomic E-state index is 0.0239. The van der Waals surface area contributed by atoms with Gasteiger partial charge in [-0.1, -0.05) is 31.5 Å². The molecule has 27 heavy (non-hydrogen) atoms. The first-order valence-corrected chi connectivity index (χ1v) is 8.60. The van der Waals surface area contributed by atoms with E-state index in [0.29, 0.717) is 11.3 Å². The zero-order valence-electron chi connectivity index (χ0n) is 15.2. The first-order chi connectivity index (χ1) is 12.5. The summed E-state index contributed by atoms with van der Waals surface area (Å²) in [5.74, 6) is -2.39. The lowest BCUT2D eigenvalue weighted by atomic mass is 9.73. The third-order valence-corrected chi connectivity index (χ3v) is 4.91. The van der Waals surface area contributed by atoms with Crippen LogP contribution in [0, 0.1) is 11.6 Å². The summed E-state index contributed by atoms with van der Waals surface area (Å²) in [6.07, 6.45) is -0.852. The molecule has 0 aromatic heterocycles. The standard InChI is InChI=1S/C20H21ClF2O4/c1-19(2,14-9-12(22)7-8-17(14)27-3)11-20(26,18(24)25)10-13-15(21)5-4-6-16(13)23/h4-9,26H,10-11H2,1-3H3,(H,24,25). The molecule has 2 aromatic carbocycles. The van der Waals surface area contributed by atoms with Crippen molar-refractivity contribution in [2.75, 3.05) is 7.11 Å². The maximum Gasteiger partial charge on any atom is 0.336 e. The number of methoxy groups -OCH3 is 1. The monoisotopic (exact) mass is 398 g/mol. The Morgan fingerprint density at radius 2 is 1.89 bits per heavy atom. The molecule has 0 fully saturated rings. The highest BCUT2D eigenvalue weighted by Gasteiger charge is 2.43. The smallest absolute Gasteiger partial charge is 0.336 e. The molecule has 7 heteroatoms. The van der Waals surface area contributed by atoms with Crippen LogP contribution in [0.1, 0.15) is 31.4 Å². The van der Waals surface area contributed by atoms with Gasteiger partial charge in [0.1, 0.15) is 17.4 Å². The third kappa shape index (κ3) is 4.57. The number of aliphatic carboxylic acids is 1. The topological polar surface area (TPSA) is 66.8 Å². The summed E-state index contributed by atoms with van der Waals surface area (Å²) in [6.45, 7) is 3.31. The van der Waals surface area contributed by atoms with Crippen LogP contribution in [0.25, 0.3) is 0 Å². The Morgan fingerprint density at radius 1 is 1.22 bits per heavy atom. The van der Waals surface area contributed by atoms with E-state index in [2.05, 4.69) is 0 Å². The van der Waals surface area contributed by atoms with E-state index < -0.39 is 35.0 Å². The summed E-state index contributed by atoms with van der Waals surface area (Å²) in [6, 6.07) is 7.84. The first-order valence-electron chi connectivity index (χ1n) is 8.23. The van der Waals surface area contributed by atoms with Gasteiger partial charge in [-0.3, -0.25) is 0 Å². The number of hydrogen-bond donors (Lipinski definition) is 2. The van der Waals surface area contributed by atoms with Crippen LogP contribution in [0.2, 0.25) is 5.02 Å². The van der Waals surface area contributed by atoms with Crippen LogP contribution in [0.3, 0.4) is 0 Å². The molecule has 0 aliphatic carbocycles. The molecule has 0 saturated heterocycles. The third-order valence-electron chi connectivity index (χ3n) is 4.55. The van der Waals surface area contributed by atoms with Crippen molar-refractivity contribution in [3.05, 3.63) is 64.2 Å². The average Bonchev–Trinajstić information content (AvgIpc) is 2.58. The SMILES string of the molecule is COc1ccc(F)cc1C(C)(C)CC(O)(Cc1c(F)cccc1Cl)C(=O)O. The molecule has 4 nitrogen and oxygen atoms in total. The molecule has 0 aliphatic rings. The maximum atomic E-state index is 14.1. The molecule has 0 saturated carbocycles. The van der Waals surface area contributed by atoms with Crippen LogP contribution in [0.5, 0.6) is 5.75 Å². The molecule has 2 aromatic rings. The second kappa shape index (κ2) is 7.82. The first kappa shape index (κ1) is 21.1. The number of carboxylic acids is 1. The summed E-state index contributed by atoms with van der Waals surface area (Å²) in [4.78, 5) is 11.9. The molecule has 146 valence electrons. The van der Waals surface area contributed by atoms with E-state index in [1.165, 1.54) is 37.4 Å². The van der Waals surface area contributed by atoms with Crippen LogP contribution >= 0.6 is 11.6 Å². The summed E-state index contributed by atoms with van der Waals surface area (Å²) in [5, 5.41) is 20.5. The predicted octanol–water partition coefficient (Wildman–Crippen LogP) is 4.35. The van der Waals surface area contributed by atoms with Gasteiger partial charge in [-0.15, -0.1) is 0 Å². The summed E-state index contributed by atoms with van der Waals surface area (Å²) < 4.78 is 33.1. The van der Waals surface area contributed by atoms with E-state index in [-0.39, 0.29) is 17.0 Å². The Morgan fingerprint density at radius 3 is 2.44 bits per heavy atom. The lowest BCUT2D eigenvalue weighted by Crippen LogP contribution is -2.46. The zero-order valence-corrected chi connectivity index (χ0v) is 16.0. The Balaban J connectivity index is 2.45. The van der Waals surface area contributed by atoms with Gasteiger partial charge in [0.05, 0.1) is 7.11 Å². The number of carboxylic acid groups (broad SMARTS) is 1. The van der Waals surface area contributed by atoms with Crippen molar-refractivity contribution < 1.29 is 28.5 Å². The second-order valence-corrected chi connectivity index (χ2v) is 7.53. The molecular formula is C20H21ClF2O4. The second-order valence-electron chi connectivity index (χ2n) is 7.12. The van der Waals surface area contributed by atoms with Gasteiger partial charge in [-0.05, 0) is 42.2 Å². The van der Waals surface area contributed by atoms with Crippen LogP contribution < -0.4 is 4.74 Å². The number of hydrogen-bond acceptors (Lipinski definition) is 3. The van der Waals surface area contributed by atoms with Gasteiger partial charge < -0.3 is 14.9 Å².